The van der Waals surface area contributed by atoms with Crippen LogP contribution in [-0.2, 0) is 11.3 Å². The highest BCUT2D eigenvalue weighted by molar-refractivity contribution is 5.81. The number of carbonyl (C=O) groups excluding carboxylic acids is 1. The Balaban J connectivity index is 2.86. The summed E-state index contributed by atoms with van der Waals surface area (Å²) in [5, 5.41) is 12.0. The molecule has 19 heavy (non-hydrogen) atoms. The zero-order valence-corrected chi connectivity index (χ0v) is 11.7. The molecular weight excluding hydrogens is 244 g/mol. The van der Waals surface area contributed by atoms with Gasteiger partial charge in [0.05, 0.1) is 19.8 Å². The largest absolute Gasteiger partial charge is 0.496 e. The summed E-state index contributed by atoms with van der Waals surface area (Å²) in [7, 11) is 3.34. The maximum absolute atomic E-state index is 12.2. The third-order valence-electron chi connectivity index (χ3n) is 3.04. The Morgan fingerprint density at radius 3 is 2.74 bits per heavy atom. The Bertz CT molecular complexity index is 409. The van der Waals surface area contributed by atoms with Gasteiger partial charge in [-0.1, -0.05) is 18.2 Å². The van der Waals surface area contributed by atoms with Crippen LogP contribution >= 0.6 is 0 Å². The van der Waals surface area contributed by atoms with Gasteiger partial charge in [0.25, 0.3) is 0 Å². The molecule has 0 saturated carbocycles. The Morgan fingerprint density at radius 2 is 2.16 bits per heavy atom. The lowest BCUT2D eigenvalue weighted by molar-refractivity contribution is -0.134. The number of hydrogen-bond acceptors (Lipinski definition) is 4. The zero-order valence-electron chi connectivity index (χ0n) is 11.7. The van der Waals surface area contributed by atoms with E-state index in [2.05, 4.69) is 5.32 Å². The standard InChI is InChI=1S/C14H22N2O3/c1-11(15-2)14(18)16(8-9-17)10-12-6-4-5-7-13(12)19-3/h4-7,11,15,17H,8-10H2,1-3H3. The van der Waals surface area contributed by atoms with Crippen molar-refractivity contribution >= 4 is 5.91 Å². The fourth-order valence-corrected chi connectivity index (χ4v) is 1.82. The van der Waals surface area contributed by atoms with E-state index in [0.717, 1.165) is 11.3 Å². The van der Waals surface area contributed by atoms with Gasteiger partial charge >= 0.3 is 0 Å². The highest BCUT2D eigenvalue weighted by Gasteiger charge is 2.19. The second-order valence-electron chi connectivity index (χ2n) is 4.31. The number of nitrogens with zero attached hydrogens (tertiary/aromatic N) is 1. The van der Waals surface area contributed by atoms with Gasteiger partial charge in [0.15, 0.2) is 0 Å². The summed E-state index contributed by atoms with van der Waals surface area (Å²) in [4.78, 5) is 13.8. The van der Waals surface area contributed by atoms with Crippen molar-refractivity contribution < 1.29 is 14.6 Å². The smallest absolute Gasteiger partial charge is 0.239 e. The molecule has 0 radical (unpaired) electrons. The van der Waals surface area contributed by atoms with E-state index in [1.165, 1.54) is 0 Å². The van der Waals surface area contributed by atoms with Crippen LogP contribution in [0.15, 0.2) is 24.3 Å². The van der Waals surface area contributed by atoms with E-state index in [1.807, 2.05) is 24.3 Å². The molecule has 0 aliphatic heterocycles. The normalized spacial score (nSPS) is 12.0. The lowest BCUT2D eigenvalue weighted by Gasteiger charge is -2.25. The summed E-state index contributed by atoms with van der Waals surface area (Å²) >= 11 is 0. The van der Waals surface area contributed by atoms with Crippen LogP contribution in [0.5, 0.6) is 5.75 Å². The minimum Gasteiger partial charge on any atom is -0.496 e. The van der Waals surface area contributed by atoms with Crippen molar-refractivity contribution in [3.05, 3.63) is 29.8 Å². The number of likely N-dealkylation sites (N-methyl/N-ethyl adjacent to an activating group) is 1. The second-order valence-corrected chi connectivity index (χ2v) is 4.31. The second kappa shape index (κ2) is 7.76. The van der Waals surface area contributed by atoms with E-state index in [0.29, 0.717) is 13.1 Å². The first-order chi connectivity index (χ1) is 9.13. The molecule has 0 aliphatic rings. The Hall–Kier alpha value is -1.59. The molecule has 1 aromatic carbocycles. The monoisotopic (exact) mass is 266 g/mol. The predicted molar refractivity (Wildman–Crippen MR) is 74.0 cm³/mol. The first-order valence-electron chi connectivity index (χ1n) is 6.32. The van der Waals surface area contributed by atoms with Crippen LogP contribution in [0.25, 0.3) is 0 Å². The number of amides is 1. The molecular formula is C14H22N2O3. The highest BCUT2D eigenvalue weighted by Crippen LogP contribution is 2.19. The van der Waals surface area contributed by atoms with E-state index < -0.39 is 0 Å². The zero-order chi connectivity index (χ0) is 14.3. The Labute approximate surface area is 114 Å². The molecule has 0 heterocycles. The molecule has 1 atom stereocenters. The molecule has 0 fully saturated rings. The summed E-state index contributed by atoms with van der Waals surface area (Å²) in [6.07, 6.45) is 0. The molecule has 0 aromatic heterocycles. The maximum Gasteiger partial charge on any atom is 0.239 e. The predicted octanol–water partition coefficient (Wildman–Crippen LogP) is 0.624. The summed E-state index contributed by atoms with van der Waals surface area (Å²) in [6, 6.07) is 7.29. The fraction of sp³-hybridized carbons (Fsp3) is 0.500. The van der Waals surface area contributed by atoms with E-state index in [1.54, 1.807) is 26.0 Å². The summed E-state index contributed by atoms with van der Waals surface area (Å²) in [5.74, 6) is 0.706. The highest BCUT2D eigenvalue weighted by atomic mass is 16.5. The number of methoxy groups -OCH3 is 1. The number of aliphatic hydroxyl groups is 1. The molecule has 106 valence electrons. The van der Waals surface area contributed by atoms with Crippen molar-refractivity contribution in [3.8, 4) is 5.75 Å². The molecule has 5 heteroatoms. The van der Waals surface area contributed by atoms with Gasteiger partial charge < -0.3 is 20.1 Å². The van der Waals surface area contributed by atoms with Crippen LogP contribution in [0.2, 0.25) is 0 Å². The van der Waals surface area contributed by atoms with Crippen LogP contribution in [0.4, 0.5) is 0 Å². The molecule has 0 aliphatic carbocycles. The van der Waals surface area contributed by atoms with Gasteiger partial charge in [-0.05, 0) is 20.0 Å². The van der Waals surface area contributed by atoms with Crippen LogP contribution < -0.4 is 10.1 Å². The number of ether oxygens (including phenoxy) is 1. The van der Waals surface area contributed by atoms with Gasteiger partial charge in [-0.3, -0.25) is 4.79 Å². The van der Waals surface area contributed by atoms with Gasteiger partial charge in [0.2, 0.25) is 5.91 Å². The average Bonchev–Trinajstić information content (AvgIpc) is 2.45. The van der Waals surface area contributed by atoms with Crippen LogP contribution in [0.1, 0.15) is 12.5 Å². The van der Waals surface area contributed by atoms with Gasteiger partial charge in [-0.2, -0.15) is 0 Å². The number of para-hydroxylation sites is 1. The SMILES string of the molecule is CNC(C)C(=O)N(CCO)Cc1ccccc1OC. The van der Waals surface area contributed by atoms with E-state index in [-0.39, 0.29) is 18.6 Å². The molecule has 1 aromatic rings. The van der Waals surface area contributed by atoms with Crippen LogP contribution in [0.3, 0.4) is 0 Å². The Morgan fingerprint density at radius 1 is 1.47 bits per heavy atom. The van der Waals surface area contributed by atoms with Crippen LogP contribution in [-0.4, -0.2) is 49.3 Å². The first-order valence-corrected chi connectivity index (χ1v) is 6.32. The maximum atomic E-state index is 12.2. The quantitative estimate of drug-likeness (QED) is 0.759. The van der Waals surface area contributed by atoms with Crippen molar-refractivity contribution in [2.45, 2.75) is 19.5 Å². The summed E-state index contributed by atoms with van der Waals surface area (Å²) in [6.45, 7) is 2.48. The first kappa shape index (κ1) is 15.5. The van der Waals surface area contributed by atoms with E-state index in [4.69, 9.17) is 9.84 Å². The molecule has 5 nitrogen and oxygen atoms in total. The van der Waals surface area contributed by atoms with Crippen molar-refractivity contribution in [1.29, 1.82) is 0 Å². The van der Waals surface area contributed by atoms with Crippen molar-refractivity contribution in [3.63, 3.8) is 0 Å². The average molecular weight is 266 g/mol. The fourth-order valence-electron chi connectivity index (χ4n) is 1.82. The topological polar surface area (TPSA) is 61.8 Å². The third kappa shape index (κ3) is 4.22. The van der Waals surface area contributed by atoms with Gasteiger partial charge in [0.1, 0.15) is 5.75 Å². The number of aliphatic hydroxyl groups excluding tert-OH is 1. The van der Waals surface area contributed by atoms with Crippen molar-refractivity contribution in [1.82, 2.24) is 10.2 Å². The lowest BCUT2D eigenvalue weighted by Crippen LogP contribution is -2.44. The van der Waals surface area contributed by atoms with Crippen molar-refractivity contribution in [2.75, 3.05) is 27.3 Å². The summed E-state index contributed by atoms with van der Waals surface area (Å²) in [5.41, 5.74) is 0.926. The van der Waals surface area contributed by atoms with Gasteiger partial charge in [-0.15, -0.1) is 0 Å². The van der Waals surface area contributed by atoms with Crippen molar-refractivity contribution in [2.24, 2.45) is 0 Å². The number of rotatable bonds is 7. The molecule has 1 amide bonds. The Kier molecular flexibility index (Phi) is 6.32. The third-order valence-corrected chi connectivity index (χ3v) is 3.04. The number of benzene rings is 1. The molecule has 1 rings (SSSR count). The van der Waals surface area contributed by atoms with Gasteiger partial charge in [0, 0.05) is 18.7 Å². The molecule has 0 saturated heterocycles. The summed E-state index contributed by atoms with van der Waals surface area (Å²) < 4.78 is 5.27. The number of hydrogen-bond donors (Lipinski definition) is 2. The molecule has 0 spiro atoms. The van der Waals surface area contributed by atoms with Gasteiger partial charge in [-0.25, -0.2) is 0 Å². The minimum atomic E-state index is -0.277. The molecule has 2 N–H and O–H groups in total. The lowest BCUT2D eigenvalue weighted by atomic mass is 10.1. The van der Waals surface area contributed by atoms with Crippen LogP contribution in [0, 0.1) is 0 Å². The number of nitrogens with one attached hydrogen (secondary N) is 1. The van der Waals surface area contributed by atoms with E-state index in [9.17, 15) is 4.79 Å². The minimum absolute atomic E-state index is 0.0394. The molecule has 1 unspecified atom stereocenters. The van der Waals surface area contributed by atoms with E-state index >= 15 is 0 Å². The number of carbonyl (C=O) groups is 1. The molecule has 0 bridgehead atoms.